The number of hydrogen-bond acceptors (Lipinski definition) is 1. The van der Waals surface area contributed by atoms with Crippen LogP contribution < -0.4 is 4.90 Å². The quantitative estimate of drug-likeness (QED) is 0.155. The van der Waals surface area contributed by atoms with E-state index in [2.05, 4.69) is 229 Å². The van der Waals surface area contributed by atoms with E-state index in [0.29, 0.717) is 0 Å². The summed E-state index contributed by atoms with van der Waals surface area (Å²) < 4.78 is 0. The average molecular weight is 676 g/mol. The van der Waals surface area contributed by atoms with Crippen LogP contribution in [0.4, 0.5) is 17.1 Å². The third-order valence-electron chi connectivity index (χ3n) is 10.0. The first kappa shape index (κ1) is 32.0. The standard InChI is InChI=1S/C52H37N/c1-4-15-38(16-5-1)47-35-48(39-17-6-2-7-18-39)37-50(36-47)53(52-26-13-12-25-51(52)42-20-8-3-9-21-42)49-31-29-41(30-32-49)44-23-14-24-45(33-44)46-28-27-40-19-10-11-22-43(40)34-46/h1-37H. The van der Waals surface area contributed by atoms with Crippen molar-refractivity contribution in [3.05, 3.63) is 224 Å². The minimum atomic E-state index is 1.09. The predicted molar refractivity (Wildman–Crippen MR) is 226 cm³/mol. The molecule has 0 amide bonds. The van der Waals surface area contributed by atoms with Crippen LogP contribution >= 0.6 is 0 Å². The van der Waals surface area contributed by atoms with Gasteiger partial charge in [0.25, 0.3) is 0 Å². The van der Waals surface area contributed by atoms with E-state index in [1.165, 1.54) is 66.4 Å². The summed E-state index contributed by atoms with van der Waals surface area (Å²) in [7, 11) is 0. The second-order valence-corrected chi connectivity index (χ2v) is 13.4. The topological polar surface area (TPSA) is 3.24 Å². The first-order valence-electron chi connectivity index (χ1n) is 18.2. The van der Waals surface area contributed by atoms with Crippen molar-refractivity contribution in [3.8, 4) is 55.6 Å². The van der Waals surface area contributed by atoms with E-state index in [4.69, 9.17) is 0 Å². The highest BCUT2D eigenvalue weighted by Crippen LogP contribution is 2.44. The number of anilines is 3. The monoisotopic (exact) mass is 675 g/mol. The summed E-state index contributed by atoms with van der Waals surface area (Å²) in [5.74, 6) is 0. The maximum Gasteiger partial charge on any atom is 0.0540 e. The fourth-order valence-electron chi connectivity index (χ4n) is 7.34. The lowest BCUT2D eigenvalue weighted by Gasteiger charge is -2.29. The van der Waals surface area contributed by atoms with Gasteiger partial charge >= 0.3 is 0 Å². The predicted octanol–water partition coefficient (Wildman–Crippen LogP) is 14.6. The van der Waals surface area contributed by atoms with Gasteiger partial charge in [0.05, 0.1) is 5.69 Å². The Morgan fingerprint density at radius 2 is 0.679 bits per heavy atom. The normalized spacial score (nSPS) is 11.0. The summed E-state index contributed by atoms with van der Waals surface area (Å²) in [5, 5.41) is 2.51. The Morgan fingerprint density at radius 1 is 0.226 bits per heavy atom. The molecule has 250 valence electrons. The van der Waals surface area contributed by atoms with Crippen molar-refractivity contribution in [2.75, 3.05) is 4.90 Å². The average Bonchev–Trinajstić information content (AvgIpc) is 3.25. The summed E-state index contributed by atoms with van der Waals surface area (Å²) in [5.41, 5.74) is 15.2. The van der Waals surface area contributed by atoms with Crippen LogP contribution in [-0.4, -0.2) is 0 Å². The molecule has 0 aliphatic rings. The zero-order chi connectivity index (χ0) is 35.4. The lowest BCUT2D eigenvalue weighted by molar-refractivity contribution is 1.28. The van der Waals surface area contributed by atoms with Crippen molar-refractivity contribution in [3.63, 3.8) is 0 Å². The molecule has 1 nitrogen and oxygen atoms in total. The molecule has 0 aliphatic carbocycles. The van der Waals surface area contributed by atoms with Crippen LogP contribution in [0.2, 0.25) is 0 Å². The molecule has 0 aliphatic heterocycles. The largest absolute Gasteiger partial charge is 0.310 e. The van der Waals surface area contributed by atoms with E-state index < -0.39 is 0 Å². The van der Waals surface area contributed by atoms with Crippen molar-refractivity contribution in [2.45, 2.75) is 0 Å². The number of para-hydroxylation sites is 1. The molecule has 0 saturated carbocycles. The van der Waals surface area contributed by atoms with E-state index in [-0.39, 0.29) is 0 Å². The van der Waals surface area contributed by atoms with Crippen LogP contribution in [0.5, 0.6) is 0 Å². The van der Waals surface area contributed by atoms with Crippen LogP contribution in [-0.2, 0) is 0 Å². The van der Waals surface area contributed by atoms with Crippen LogP contribution in [0.15, 0.2) is 224 Å². The van der Waals surface area contributed by atoms with Crippen molar-refractivity contribution >= 4 is 27.8 Å². The molecule has 0 fully saturated rings. The Hall–Kier alpha value is -6.96. The van der Waals surface area contributed by atoms with Gasteiger partial charge in [0.1, 0.15) is 0 Å². The van der Waals surface area contributed by atoms with E-state index in [1.807, 2.05) is 0 Å². The highest BCUT2D eigenvalue weighted by atomic mass is 15.1. The molecular weight excluding hydrogens is 639 g/mol. The van der Waals surface area contributed by atoms with Gasteiger partial charge in [-0.2, -0.15) is 0 Å². The van der Waals surface area contributed by atoms with Gasteiger partial charge in [0.15, 0.2) is 0 Å². The highest BCUT2D eigenvalue weighted by Gasteiger charge is 2.19. The minimum Gasteiger partial charge on any atom is -0.310 e. The van der Waals surface area contributed by atoms with Crippen LogP contribution in [0.25, 0.3) is 66.4 Å². The van der Waals surface area contributed by atoms with E-state index in [1.54, 1.807) is 0 Å². The number of rotatable bonds is 8. The van der Waals surface area contributed by atoms with E-state index >= 15 is 0 Å². The second-order valence-electron chi connectivity index (χ2n) is 13.4. The maximum atomic E-state index is 2.41. The van der Waals surface area contributed by atoms with Gasteiger partial charge in [-0.1, -0.05) is 176 Å². The summed E-state index contributed by atoms with van der Waals surface area (Å²) in [6.45, 7) is 0. The summed E-state index contributed by atoms with van der Waals surface area (Å²) >= 11 is 0. The molecule has 0 bridgehead atoms. The SMILES string of the molecule is c1ccc(-c2cc(-c3ccccc3)cc(N(c3ccc(-c4cccc(-c5ccc6ccccc6c5)c4)cc3)c3ccccc3-c3ccccc3)c2)cc1. The fraction of sp³-hybridized carbons (Fsp3) is 0. The van der Waals surface area contributed by atoms with Crippen molar-refractivity contribution in [2.24, 2.45) is 0 Å². The summed E-state index contributed by atoms with van der Waals surface area (Å²) in [6, 6.07) is 80.9. The third-order valence-corrected chi connectivity index (χ3v) is 10.0. The molecule has 0 spiro atoms. The number of hydrogen-bond donors (Lipinski definition) is 0. The van der Waals surface area contributed by atoms with Gasteiger partial charge < -0.3 is 4.90 Å². The third kappa shape index (κ3) is 6.65. The highest BCUT2D eigenvalue weighted by molar-refractivity contribution is 5.92. The maximum absolute atomic E-state index is 2.41. The molecular formula is C52H37N. The molecule has 0 unspecified atom stereocenters. The molecule has 0 heterocycles. The van der Waals surface area contributed by atoms with Gasteiger partial charge in [-0.15, -0.1) is 0 Å². The molecule has 9 rings (SSSR count). The summed E-state index contributed by atoms with van der Waals surface area (Å²) in [6.07, 6.45) is 0. The lowest BCUT2D eigenvalue weighted by atomic mass is 9.96. The lowest BCUT2D eigenvalue weighted by Crippen LogP contribution is -2.11. The molecule has 0 saturated heterocycles. The van der Waals surface area contributed by atoms with E-state index in [0.717, 1.165) is 17.1 Å². The van der Waals surface area contributed by atoms with Crippen molar-refractivity contribution < 1.29 is 0 Å². The minimum absolute atomic E-state index is 1.09. The Labute approximate surface area is 311 Å². The van der Waals surface area contributed by atoms with Crippen molar-refractivity contribution in [1.82, 2.24) is 0 Å². The van der Waals surface area contributed by atoms with Crippen LogP contribution in [0.1, 0.15) is 0 Å². The smallest absolute Gasteiger partial charge is 0.0540 e. The first-order chi connectivity index (χ1) is 26.3. The molecule has 9 aromatic rings. The van der Waals surface area contributed by atoms with Gasteiger partial charge in [-0.3, -0.25) is 0 Å². The molecule has 0 atom stereocenters. The van der Waals surface area contributed by atoms with Gasteiger partial charge in [0, 0.05) is 16.9 Å². The second kappa shape index (κ2) is 14.3. The Kier molecular flexibility index (Phi) is 8.66. The Morgan fingerprint density at radius 3 is 1.34 bits per heavy atom. The number of fused-ring (bicyclic) bond motifs is 1. The van der Waals surface area contributed by atoms with Gasteiger partial charge in [-0.25, -0.2) is 0 Å². The molecule has 0 N–H and O–H groups in total. The number of nitrogens with zero attached hydrogens (tertiary/aromatic N) is 1. The molecule has 0 radical (unpaired) electrons. The van der Waals surface area contributed by atoms with Crippen LogP contribution in [0.3, 0.4) is 0 Å². The first-order valence-corrected chi connectivity index (χ1v) is 18.2. The van der Waals surface area contributed by atoms with Gasteiger partial charge in [0.2, 0.25) is 0 Å². The van der Waals surface area contributed by atoms with Crippen LogP contribution in [0, 0.1) is 0 Å². The summed E-state index contributed by atoms with van der Waals surface area (Å²) in [4.78, 5) is 2.41. The van der Waals surface area contributed by atoms with E-state index in [9.17, 15) is 0 Å². The Bertz CT molecular complexity index is 2590. The van der Waals surface area contributed by atoms with Gasteiger partial charge in [-0.05, 0) is 109 Å². The zero-order valence-corrected chi connectivity index (χ0v) is 29.3. The zero-order valence-electron chi connectivity index (χ0n) is 29.3. The molecule has 53 heavy (non-hydrogen) atoms. The molecule has 1 heteroatoms. The fourth-order valence-corrected chi connectivity index (χ4v) is 7.34. The molecule has 9 aromatic carbocycles. The molecule has 0 aromatic heterocycles. The number of benzene rings is 9. The van der Waals surface area contributed by atoms with Crippen molar-refractivity contribution in [1.29, 1.82) is 0 Å². The Balaban J connectivity index is 1.18.